The zero-order valence-corrected chi connectivity index (χ0v) is 13.7. The maximum atomic E-state index is 12.4. The molecule has 0 aliphatic carbocycles. The Labute approximate surface area is 139 Å². The minimum Gasteiger partial charge on any atom is -0.335 e. The lowest BCUT2D eigenvalue weighted by molar-refractivity contribution is 0.0918. The van der Waals surface area contributed by atoms with Crippen LogP contribution in [0.3, 0.4) is 0 Å². The monoisotopic (exact) mass is 327 g/mol. The molecule has 7 heteroatoms. The molecular formula is C17H21N5O2. The highest BCUT2D eigenvalue weighted by Gasteiger charge is 2.36. The molecule has 3 unspecified atom stereocenters. The van der Waals surface area contributed by atoms with E-state index in [0.29, 0.717) is 0 Å². The number of amides is 1. The Bertz CT molecular complexity index is 774. The number of carbonyl (C=O) groups excluding carboxylic acids is 1. The fourth-order valence-corrected chi connectivity index (χ4v) is 3.07. The summed E-state index contributed by atoms with van der Waals surface area (Å²) in [5, 5.41) is 2.91. The smallest absolute Gasteiger partial charge is 0.260 e. The predicted molar refractivity (Wildman–Crippen MR) is 90.1 cm³/mol. The molecule has 0 radical (unpaired) electrons. The van der Waals surface area contributed by atoms with Crippen LogP contribution in [0.4, 0.5) is 0 Å². The van der Waals surface area contributed by atoms with Crippen molar-refractivity contribution in [2.45, 2.75) is 32.5 Å². The molecule has 1 amide bonds. The second kappa shape index (κ2) is 6.94. The van der Waals surface area contributed by atoms with Gasteiger partial charge in [0.15, 0.2) is 0 Å². The van der Waals surface area contributed by atoms with Gasteiger partial charge in [-0.15, -0.1) is 0 Å². The van der Waals surface area contributed by atoms with Crippen molar-refractivity contribution in [3.63, 3.8) is 0 Å². The van der Waals surface area contributed by atoms with Crippen LogP contribution in [0, 0.1) is 12.8 Å². The lowest BCUT2D eigenvalue weighted by Gasteiger charge is -2.22. The van der Waals surface area contributed by atoms with Gasteiger partial charge in [0.25, 0.3) is 11.5 Å². The Kier molecular flexibility index (Phi) is 4.73. The van der Waals surface area contributed by atoms with Crippen LogP contribution in [0.25, 0.3) is 0 Å². The van der Waals surface area contributed by atoms with Crippen molar-refractivity contribution in [3.05, 3.63) is 63.8 Å². The SMILES string of the molecule is CCC1C(NC(=O)c2ccc(C)[nH]c2=O)NNC1c1ccncc1. The second-order valence-electron chi connectivity index (χ2n) is 5.95. The number of aryl methyl sites for hydroxylation is 1. The Balaban J connectivity index is 1.75. The maximum absolute atomic E-state index is 12.4. The highest BCUT2D eigenvalue weighted by Crippen LogP contribution is 2.29. The molecule has 2 aromatic rings. The van der Waals surface area contributed by atoms with Crippen LogP contribution in [0.2, 0.25) is 0 Å². The Morgan fingerprint density at radius 1 is 1.21 bits per heavy atom. The fourth-order valence-electron chi connectivity index (χ4n) is 3.07. The van der Waals surface area contributed by atoms with E-state index in [1.165, 1.54) is 0 Å². The van der Waals surface area contributed by atoms with Gasteiger partial charge in [-0.05, 0) is 43.2 Å². The molecule has 1 aliphatic rings. The molecule has 7 nitrogen and oxygen atoms in total. The molecule has 24 heavy (non-hydrogen) atoms. The lowest BCUT2D eigenvalue weighted by atomic mass is 9.91. The molecule has 3 atom stereocenters. The van der Waals surface area contributed by atoms with Crippen LogP contribution < -0.4 is 21.7 Å². The number of rotatable bonds is 4. The first-order chi connectivity index (χ1) is 11.6. The van der Waals surface area contributed by atoms with E-state index in [2.05, 4.69) is 33.1 Å². The average molecular weight is 327 g/mol. The molecule has 0 saturated carbocycles. The van der Waals surface area contributed by atoms with Crippen LogP contribution >= 0.6 is 0 Å². The summed E-state index contributed by atoms with van der Waals surface area (Å²) in [5.41, 5.74) is 7.92. The summed E-state index contributed by atoms with van der Waals surface area (Å²) in [6.45, 7) is 3.85. The quantitative estimate of drug-likeness (QED) is 0.672. The Morgan fingerprint density at radius 2 is 1.96 bits per heavy atom. The molecule has 4 N–H and O–H groups in total. The Hall–Kier alpha value is -2.51. The van der Waals surface area contributed by atoms with E-state index in [1.807, 2.05) is 12.1 Å². The normalized spacial score (nSPS) is 23.2. The third-order valence-corrected chi connectivity index (χ3v) is 4.37. The lowest BCUT2D eigenvalue weighted by Crippen LogP contribution is -2.47. The van der Waals surface area contributed by atoms with Crippen LogP contribution in [-0.2, 0) is 0 Å². The van der Waals surface area contributed by atoms with E-state index < -0.39 is 0 Å². The minimum absolute atomic E-state index is 0.0691. The van der Waals surface area contributed by atoms with Gasteiger partial charge in [0.05, 0.1) is 12.2 Å². The number of carbonyl (C=O) groups is 1. The predicted octanol–water partition coefficient (Wildman–Crippen LogP) is 1.01. The number of hydrogen-bond acceptors (Lipinski definition) is 5. The van der Waals surface area contributed by atoms with E-state index in [9.17, 15) is 9.59 Å². The highest BCUT2D eigenvalue weighted by molar-refractivity contribution is 5.94. The summed E-state index contributed by atoms with van der Waals surface area (Å²) >= 11 is 0. The third-order valence-electron chi connectivity index (χ3n) is 4.37. The standard InChI is InChI=1S/C17H21N5O2/c1-3-12-14(11-6-8-18-9-7-11)21-22-15(12)20-17(24)13-5-4-10(2)19-16(13)23/h4-9,12,14-15,21-22H,3H2,1-2H3,(H,19,23)(H,20,24). The van der Waals surface area contributed by atoms with Crippen LogP contribution in [0.1, 0.15) is 41.0 Å². The zero-order valence-electron chi connectivity index (χ0n) is 13.7. The summed E-state index contributed by atoms with van der Waals surface area (Å²) in [4.78, 5) is 31.0. The topological polar surface area (TPSA) is 98.9 Å². The molecule has 2 aromatic heterocycles. The minimum atomic E-state index is -0.385. The summed E-state index contributed by atoms with van der Waals surface area (Å²) < 4.78 is 0. The van der Waals surface area contributed by atoms with Gasteiger partial charge in [0.2, 0.25) is 0 Å². The summed E-state index contributed by atoms with van der Waals surface area (Å²) in [6, 6.07) is 7.24. The summed E-state index contributed by atoms with van der Waals surface area (Å²) in [6.07, 6.45) is 4.10. The second-order valence-corrected chi connectivity index (χ2v) is 5.95. The van der Waals surface area contributed by atoms with Crippen LogP contribution in [0.15, 0.2) is 41.5 Å². The molecule has 0 spiro atoms. The number of pyridine rings is 2. The van der Waals surface area contributed by atoms with Crippen molar-refractivity contribution >= 4 is 5.91 Å². The number of hydrazine groups is 1. The van der Waals surface area contributed by atoms with E-state index in [0.717, 1.165) is 17.7 Å². The van der Waals surface area contributed by atoms with Crippen molar-refractivity contribution in [1.82, 2.24) is 26.1 Å². The van der Waals surface area contributed by atoms with E-state index in [4.69, 9.17) is 0 Å². The van der Waals surface area contributed by atoms with E-state index in [1.54, 1.807) is 31.5 Å². The first-order valence-electron chi connectivity index (χ1n) is 8.02. The van der Waals surface area contributed by atoms with Gasteiger partial charge in [-0.25, -0.2) is 10.9 Å². The molecule has 126 valence electrons. The zero-order chi connectivity index (χ0) is 17.1. The van der Waals surface area contributed by atoms with Gasteiger partial charge in [0, 0.05) is 24.0 Å². The van der Waals surface area contributed by atoms with Gasteiger partial charge in [-0.1, -0.05) is 6.92 Å². The largest absolute Gasteiger partial charge is 0.335 e. The number of H-pyrrole nitrogens is 1. The van der Waals surface area contributed by atoms with Crippen LogP contribution in [0.5, 0.6) is 0 Å². The molecular weight excluding hydrogens is 306 g/mol. The number of hydrogen-bond donors (Lipinski definition) is 4. The van der Waals surface area contributed by atoms with Gasteiger partial charge in [-0.3, -0.25) is 14.6 Å². The average Bonchev–Trinajstić information content (AvgIpc) is 2.98. The van der Waals surface area contributed by atoms with Crippen molar-refractivity contribution < 1.29 is 4.79 Å². The van der Waals surface area contributed by atoms with Crippen molar-refractivity contribution in [2.24, 2.45) is 5.92 Å². The number of aromatic amines is 1. The first kappa shape index (κ1) is 16.4. The third kappa shape index (κ3) is 3.22. The number of nitrogens with one attached hydrogen (secondary N) is 4. The van der Waals surface area contributed by atoms with Gasteiger partial charge in [-0.2, -0.15) is 0 Å². The number of nitrogens with zero attached hydrogens (tertiary/aromatic N) is 1. The van der Waals surface area contributed by atoms with Gasteiger partial charge < -0.3 is 10.3 Å². The molecule has 3 heterocycles. The fraction of sp³-hybridized carbons (Fsp3) is 0.353. The van der Waals surface area contributed by atoms with Crippen LogP contribution in [-0.4, -0.2) is 22.0 Å². The van der Waals surface area contributed by atoms with Crippen molar-refractivity contribution in [1.29, 1.82) is 0 Å². The summed E-state index contributed by atoms with van der Waals surface area (Å²) in [5.74, 6) is -0.231. The molecule has 0 bridgehead atoms. The van der Waals surface area contributed by atoms with E-state index in [-0.39, 0.29) is 35.2 Å². The molecule has 1 saturated heterocycles. The molecule has 3 rings (SSSR count). The van der Waals surface area contributed by atoms with Crippen molar-refractivity contribution in [3.8, 4) is 0 Å². The van der Waals surface area contributed by atoms with Gasteiger partial charge in [0.1, 0.15) is 5.56 Å². The van der Waals surface area contributed by atoms with Crippen molar-refractivity contribution in [2.75, 3.05) is 0 Å². The summed E-state index contributed by atoms with van der Waals surface area (Å²) in [7, 11) is 0. The first-order valence-corrected chi connectivity index (χ1v) is 8.02. The number of aromatic nitrogens is 2. The molecule has 1 fully saturated rings. The van der Waals surface area contributed by atoms with Gasteiger partial charge >= 0.3 is 0 Å². The highest BCUT2D eigenvalue weighted by atomic mass is 16.2. The molecule has 1 aliphatic heterocycles. The van der Waals surface area contributed by atoms with E-state index >= 15 is 0 Å². The maximum Gasteiger partial charge on any atom is 0.260 e. The molecule has 0 aromatic carbocycles. The Morgan fingerprint density at radius 3 is 2.62 bits per heavy atom.